The van der Waals surface area contributed by atoms with Crippen LogP contribution >= 0.6 is 0 Å². The number of β-lactam (4-membered cyclic amide) rings is 1. The standard InChI is InChI=1S/C15H26N2O2/c1-11(2)8-16-6-5-15(7-13(16)18)10-17(14(15)19)9-12(3)4/h11-12H,5-10H2,1-4H3. The first-order chi connectivity index (χ1) is 8.84. The molecule has 0 N–H and O–H groups in total. The normalized spacial score (nSPS) is 27.7. The lowest BCUT2D eigenvalue weighted by atomic mass is 9.70. The molecule has 0 aliphatic carbocycles. The molecule has 0 aromatic carbocycles. The van der Waals surface area contributed by atoms with Crippen LogP contribution in [0.1, 0.15) is 40.5 Å². The van der Waals surface area contributed by atoms with Crippen molar-refractivity contribution in [1.29, 1.82) is 0 Å². The van der Waals surface area contributed by atoms with E-state index < -0.39 is 0 Å². The molecule has 0 aromatic heterocycles. The zero-order chi connectivity index (χ0) is 14.2. The van der Waals surface area contributed by atoms with Crippen molar-refractivity contribution in [1.82, 2.24) is 9.80 Å². The number of carbonyl (C=O) groups is 2. The van der Waals surface area contributed by atoms with Crippen molar-refractivity contribution in [2.45, 2.75) is 40.5 Å². The van der Waals surface area contributed by atoms with Gasteiger partial charge in [0.25, 0.3) is 0 Å². The average molecular weight is 266 g/mol. The number of amides is 2. The topological polar surface area (TPSA) is 40.6 Å². The van der Waals surface area contributed by atoms with Gasteiger partial charge in [-0.05, 0) is 18.3 Å². The van der Waals surface area contributed by atoms with Crippen LogP contribution in [0.3, 0.4) is 0 Å². The van der Waals surface area contributed by atoms with Crippen molar-refractivity contribution in [2.75, 3.05) is 26.2 Å². The molecule has 4 heteroatoms. The van der Waals surface area contributed by atoms with Crippen LogP contribution in [0.2, 0.25) is 0 Å². The highest BCUT2D eigenvalue weighted by molar-refractivity contribution is 5.94. The second-order valence-corrected chi connectivity index (χ2v) is 7.02. The molecule has 2 fully saturated rings. The third-order valence-electron chi connectivity index (χ3n) is 4.11. The number of piperidine rings is 1. The number of likely N-dealkylation sites (tertiary alicyclic amines) is 2. The van der Waals surface area contributed by atoms with Gasteiger partial charge in [0.2, 0.25) is 11.8 Å². The Labute approximate surface area is 116 Å². The first-order valence-corrected chi connectivity index (χ1v) is 7.41. The van der Waals surface area contributed by atoms with E-state index in [4.69, 9.17) is 0 Å². The van der Waals surface area contributed by atoms with E-state index in [0.717, 1.165) is 32.6 Å². The van der Waals surface area contributed by atoms with E-state index in [1.54, 1.807) is 0 Å². The van der Waals surface area contributed by atoms with E-state index in [2.05, 4.69) is 27.7 Å². The van der Waals surface area contributed by atoms with Crippen molar-refractivity contribution < 1.29 is 9.59 Å². The van der Waals surface area contributed by atoms with Gasteiger partial charge in [-0.1, -0.05) is 27.7 Å². The molecule has 1 atom stereocenters. The Kier molecular flexibility index (Phi) is 3.88. The Hall–Kier alpha value is -1.06. The van der Waals surface area contributed by atoms with Gasteiger partial charge >= 0.3 is 0 Å². The lowest BCUT2D eigenvalue weighted by molar-refractivity contribution is -0.171. The lowest BCUT2D eigenvalue weighted by Gasteiger charge is -2.52. The van der Waals surface area contributed by atoms with E-state index in [0.29, 0.717) is 18.3 Å². The van der Waals surface area contributed by atoms with Crippen molar-refractivity contribution in [3.8, 4) is 0 Å². The van der Waals surface area contributed by atoms with Crippen LogP contribution in [0.25, 0.3) is 0 Å². The molecule has 2 aliphatic rings. The fourth-order valence-electron chi connectivity index (χ4n) is 3.25. The van der Waals surface area contributed by atoms with Gasteiger partial charge in [-0.3, -0.25) is 9.59 Å². The lowest BCUT2D eigenvalue weighted by Crippen LogP contribution is -2.66. The molecule has 1 spiro atoms. The van der Waals surface area contributed by atoms with Crippen LogP contribution in [0.15, 0.2) is 0 Å². The molecule has 0 bridgehead atoms. The molecular weight excluding hydrogens is 240 g/mol. The maximum atomic E-state index is 12.3. The highest BCUT2D eigenvalue weighted by Gasteiger charge is 2.55. The smallest absolute Gasteiger partial charge is 0.231 e. The third-order valence-corrected chi connectivity index (χ3v) is 4.11. The average Bonchev–Trinajstić information content (AvgIpc) is 2.30. The van der Waals surface area contributed by atoms with Crippen LogP contribution < -0.4 is 0 Å². The zero-order valence-electron chi connectivity index (χ0n) is 12.6. The highest BCUT2D eigenvalue weighted by atomic mass is 16.2. The SMILES string of the molecule is CC(C)CN1CCC2(CC1=O)CN(CC(C)C)C2=O. The Morgan fingerprint density at radius 1 is 1.05 bits per heavy atom. The van der Waals surface area contributed by atoms with Crippen LogP contribution in [-0.2, 0) is 9.59 Å². The number of carbonyl (C=O) groups excluding carboxylic acids is 2. The maximum Gasteiger partial charge on any atom is 0.231 e. The Bertz CT molecular complexity index is 378. The summed E-state index contributed by atoms with van der Waals surface area (Å²) in [5.74, 6) is 1.36. The summed E-state index contributed by atoms with van der Waals surface area (Å²) in [5, 5.41) is 0. The second-order valence-electron chi connectivity index (χ2n) is 7.02. The molecule has 4 nitrogen and oxygen atoms in total. The largest absolute Gasteiger partial charge is 0.342 e. The molecule has 2 saturated heterocycles. The fraction of sp³-hybridized carbons (Fsp3) is 0.867. The summed E-state index contributed by atoms with van der Waals surface area (Å²) in [7, 11) is 0. The zero-order valence-corrected chi connectivity index (χ0v) is 12.6. The summed E-state index contributed by atoms with van der Waals surface area (Å²) in [6.07, 6.45) is 1.27. The number of hydrogen-bond acceptors (Lipinski definition) is 2. The summed E-state index contributed by atoms with van der Waals surface area (Å²) in [6.45, 7) is 11.7. The Morgan fingerprint density at radius 2 is 1.63 bits per heavy atom. The van der Waals surface area contributed by atoms with Gasteiger partial charge in [-0.15, -0.1) is 0 Å². The summed E-state index contributed by atoms with van der Waals surface area (Å²) in [6, 6.07) is 0. The van der Waals surface area contributed by atoms with Crippen molar-refractivity contribution in [3.63, 3.8) is 0 Å². The Morgan fingerprint density at radius 3 is 2.11 bits per heavy atom. The van der Waals surface area contributed by atoms with Crippen LogP contribution in [-0.4, -0.2) is 47.8 Å². The fourth-order valence-corrected chi connectivity index (χ4v) is 3.25. The second kappa shape index (κ2) is 5.14. The van der Waals surface area contributed by atoms with Crippen molar-refractivity contribution in [2.24, 2.45) is 17.3 Å². The summed E-state index contributed by atoms with van der Waals surface area (Å²) in [5.41, 5.74) is -0.348. The summed E-state index contributed by atoms with van der Waals surface area (Å²) in [4.78, 5) is 28.3. The summed E-state index contributed by atoms with van der Waals surface area (Å²) >= 11 is 0. The van der Waals surface area contributed by atoms with Gasteiger partial charge in [-0.2, -0.15) is 0 Å². The first kappa shape index (κ1) is 14.4. The van der Waals surface area contributed by atoms with E-state index in [1.807, 2.05) is 9.80 Å². The molecular formula is C15H26N2O2. The predicted octanol–water partition coefficient (Wildman–Crippen LogP) is 1.75. The van der Waals surface area contributed by atoms with E-state index in [1.165, 1.54) is 0 Å². The minimum Gasteiger partial charge on any atom is -0.342 e. The summed E-state index contributed by atoms with van der Waals surface area (Å²) < 4.78 is 0. The van der Waals surface area contributed by atoms with E-state index in [9.17, 15) is 9.59 Å². The third kappa shape index (κ3) is 2.77. The molecule has 108 valence electrons. The molecule has 1 unspecified atom stereocenters. The van der Waals surface area contributed by atoms with Gasteiger partial charge < -0.3 is 9.80 Å². The molecule has 2 aliphatic heterocycles. The van der Waals surface area contributed by atoms with E-state index >= 15 is 0 Å². The number of hydrogen-bond donors (Lipinski definition) is 0. The van der Waals surface area contributed by atoms with E-state index in [-0.39, 0.29) is 17.2 Å². The molecule has 0 aromatic rings. The van der Waals surface area contributed by atoms with Gasteiger partial charge in [0.1, 0.15) is 0 Å². The van der Waals surface area contributed by atoms with Crippen molar-refractivity contribution in [3.05, 3.63) is 0 Å². The van der Waals surface area contributed by atoms with Gasteiger partial charge in [0.05, 0.1) is 5.41 Å². The number of rotatable bonds is 4. The minimum atomic E-state index is -0.348. The Balaban J connectivity index is 1.92. The van der Waals surface area contributed by atoms with Gasteiger partial charge in [-0.25, -0.2) is 0 Å². The van der Waals surface area contributed by atoms with Gasteiger partial charge in [0.15, 0.2) is 0 Å². The monoisotopic (exact) mass is 266 g/mol. The maximum absolute atomic E-state index is 12.3. The molecule has 2 rings (SSSR count). The number of nitrogens with zero attached hydrogens (tertiary/aromatic N) is 2. The molecule has 0 radical (unpaired) electrons. The predicted molar refractivity (Wildman–Crippen MR) is 74.5 cm³/mol. The highest BCUT2D eigenvalue weighted by Crippen LogP contribution is 2.42. The van der Waals surface area contributed by atoms with Gasteiger partial charge in [0, 0.05) is 32.6 Å². The van der Waals surface area contributed by atoms with Crippen molar-refractivity contribution >= 4 is 11.8 Å². The molecule has 2 amide bonds. The van der Waals surface area contributed by atoms with Crippen LogP contribution in [0.5, 0.6) is 0 Å². The molecule has 19 heavy (non-hydrogen) atoms. The molecule has 0 saturated carbocycles. The quantitative estimate of drug-likeness (QED) is 0.727. The van der Waals surface area contributed by atoms with Crippen LogP contribution in [0.4, 0.5) is 0 Å². The first-order valence-electron chi connectivity index (χ1n) is 7.41. The molecule has 2 heterocycles. The minimum absolute atomic E-state index is 0.164. The van der Waals surface area contributed by atoms with Crippen LogP contribution in [0, 0.1) is 17.3 Å².